The molecule has 1 aliphatic heterocycles. The molecule has 2 atom stereocenters. The first-order valence-corrected chi connectivity index (χ1v) is 12.6. The van der Waals surface area contributed by atoms with E-state index in [4.69, 9.17) is 0 Å². The first-order valence-electron chi connectivity index (χ1n) is 10.7. The van der Waals surface area contributed by atoms with Gasteiger partial charge in [-0.05, 0) is 49.1 Å². The number of rotatable bonds is 6. The number of thiol groups is 1. The van der Waals surface area contributed by atoms with Crippen LogP contribution in [0.5, 0.6) is 0 Å². The van der Waals surface area contributed by atoms with E-state index < -0.39 is 21.8 Å². The van der Waals surface area contributed by atoms with Gasteiger partial charge in [-0.15, -0.1) is 12.6 Å². The van der Waals surface area contributed by atoms with E-state index >= 15 is 0 Å². The zero-order valence-electron chi connectivity index (χ0n) is 18.7. The first-order chi connectivity index (χ1) is 15.2. The molecule has 0 bridgehead atoms. The van der Waals surface area contributed by atoms with Gasteiger partial charge in [0.25, 0.3) is 0 Å². The minimum Gasteiger partial charge on any atom is -0.376 e. The van der Waals surface area contributed by atoms with E-state index in [1.165, 1.54) is 22.5 Å². The standard InChI is InChI=1S/C23H29F3N2O3S2/c1-16(2)14-19-15-27(33(30,31)21-7-5-4-6-20(21)32)12-13-28(19)18-10-8-17(9-11-18)22(3,29)23(24,25)26/h4-11,16,19,29,32H,12-15H2,1-3H3/t19-,22+/m0/s1. The second-order valence-corrected chi connectivity index (χ2v) is 11.3. The molecule has 2 aromatic rings. The van der Waals surface area contributed by atoms with Crippen molar-refractivity contribution in [3.05, 3.63) is 54.1 Å². The summed E-state index contributed by atoms with van der Waals surface area (Å²) in [6.45, 7) is 5.69. The summed E-state index contributed by atoms with van der Waals surface area (Å²) in [7, 11) is -3.74. The van der Waals surface area contributed by atoms with E-state index in [9.17, 15) is 26.7 Å². The van der Waals surface area contributed by atoms with Crippen molar-refractivity contribution in [3.63, 3.8) is 0 Å². The highest BCUT2D eigenvalue weighted by atomic mass is 32.2. The van der Waals surface area contributed by atoms with Crippen molar-refractivity contribution < 1.29 is 26.7 Å². The Kier molecular flexibility index (Phi) is 7.43. The molecule has 2 aromatic carbocycles. The molecule has 0 amide bonds. The normalized spacial score (nSPS) is 20.2. The van der Waals surface area contributed by atoms with Crippen molar-refractivity contribution in [3.8, 4) is 0 Å². The van der Waals surface area contributed by atoms with Crippen LogP contribution in [0, 0.1) is 5.92 Å². The second kappa shape index (κ2) is 9.48. The quantitative estimate of drug-likeness (QED) is 0.564. The Labute approximate surface area is 198 Å². The number of anilines is 1. The Bertz CT molecular complexity index is 1070. The van der Waals surface area contributed by atoms with Gasteiger partial charge in [-0.3, -0.25) is 0 Å². The van der Waals surface area contributed by atoms with Gasteiger partial charge >= 0.3 is 6.18 Å². The van der Waals surface area contributed by atoms with Crippen molar-refractivity contribution in [1.29, 1.82) is 0 Å². The minimum atomic E-state index is -4.79. The van der Waals surface area contributed by atoms with Crippen LogP contribution in [0.3, 0.4) is 0 Å². The van der Waals surface area contributed by atoms with Crippen LogP contribution in [-0.4, -0.2) is 49.7 Å². The minimum absolute atomic E-state index is 0.156. The van der Waals surface area contributed by atoms with Crippen LogP contribution < -0.4 is 4.90 Å². The fourth-order valence-corrected chi connectivity index (χ4v) is 6.14. The molecule has 10 heteroatoms. The SMILES string of the molecule is CC(C)C[C@H]1CN(S(=O)(=O)c2ccccc2S)CCN1c1ccc([C@@](C)(O)C(F)(F)F)cc1. The largest absolute Gasteiger partial charge is 0.421 e. The third-order valence-electron chi connectivity index (χ3n) is 5.99. The molecule has 1 aliphatic rings. The molecule has 182 valence electrons. The molecule has 1 heterocycles. The van der Waals surface area contributed by atoms with E-state index in [1.54, 1.807) is 30.3 Å². The van der Waals surface area contributed by atoms with Gasteiger partial charge in [0, 0.05) is 36.3 Å². The Morgan fingerprint density at radius 1 is 1.09 bits per heavy atom. The molecule has 0 aromatic heterocycles. The smallest absolute Gasteiger partial charge is 0.376 e. The van der Waals surface area contributed by atoms with Crippen LogP contribution in [0.4, 0.5) is 18.9 Å². The maximum Gasteiger partial charge on any atom is 0.421 e. The highest BCUT2D eigenvalue weighted by Gasteiger charge is 2.51. The predicted octanol–water partition coefficient (Wildman–Crippen LogP) is 4.67. The summed E-state index contributed by atoms with van der Waals surface area (Å²) < 4.78 is 67.5. The third kappa shape index (κ3) is 5.34. The van der Waals surface area contributed by atoms with Crippen LogP contribution in [0.2, 0.25) is 0 Å². The Balaban J connectivity index is 1.87. The molecule has 0 saturated carbocycles. The zero-order valence-corrected chi connectivity index (χ0v) is 20.5. The molecule has 0 unspecified atom stereocenters. The molecular formula is C23H29F3N2O3S2. The van der Waals surface area contributed by atoms with E-state index in [1.807, 2.05) is 18.7 Å². The number of alkyl halides is 3. The van der Waals surface area contributed by atoms with Crippen LogP contribution in [0.15, 0.2) is 58.3 Å². The molecule has 3 rings (SSSR count). The highest BCUT2D eigenvalue weighted by molar-refractivity contribution is 7.90. The third-order valence-corrected chi connectivity index (χ3v) is 8.45. The Morgan fingerprint density at radius 3 is 2.24 bits per heavy atom. The molecule has 5 nitrogen and oxygen atoms in total. The molecule has 0 radical (unpaired) electrons. The topological polar surface area (TPSA) is 60.9 Å². The predicted molar refractivity (Wildman–Crippen MR) is 125 cm³/mol. The van der Waals surface area contributed by atoms with Crippen LogP contribution in [0.25, 0.3) is 0 Å². The number of benzene rings is 2. The van der Waals surface area contributed by atoms with Gasteiger partial charge in [-0.25, -0.2) is 8.42 Å². The van der Waals surface area contributed by atoms with Crippen molar-refractivity contribution in [2.75, 3.05) is 24.5 Å². The summed E-state index contributed by atoms with van der Waals surface area (Å²) in [5.74, 6) is 0.280. The molecule has 1 fully saturated rings. The zero-order chi connectivity index (χ0) is 24.6. The van der Waals surface area contributed by atoms with Crippen molar-refractivity contribution in [1.82, 2.24) is 4.31 Å². The average Bonchev–Trinajstić information content (AvgIpc) is 2.73. The number of halogens is 3. The molecule has 0 aliphatic carbocycles. The monoisotopic (exact) mass is 502 g/mol. The van der Waals surface area contributed by atoms with E-state index in [2.05, 4.69) is 12.6 Å². The number of aliphatic hydroxyl groups is 1. The molecular weight excluding hydrogens is 473 g/mol. The summed E-state index contributed by atoms with van der Waals surface area (Å²) in [6, 6.07) is 12.0. The van der Waals surface area contributed by atoms with E-state index in [0.717, 1.165) is 6.92 Å². The lowest BCUT2D eigenvalue weighted by Gasteiger charge is -2.43. The fourth-order valence-electron chi connectivity index (χ4n) is 4.09. The lowest BCUT2D eigenvalue weighted by molar-refractivity contribution is -0.258. The van der Waals surface area contributed by atoms with E-state index in [-0.39, 0.29) is 35.5 Å². The summed E-state index contributed by atoms with van der Waals surface area (Å²) in [4.78, 5) is 2.57. The van der Waals surface area contributed by atoms with Gasteiger partial charge in [0.15, 0.2) is 5.60 Å². The second-order valence-electron chi connectivity index (χ2n) is 8.92. The summed E-state index contributed by atoms with van der Waals surface area (Å²) in [6.07, 6.45) is -4.09. The first kappa shape index (κ1) is 25.9. The van der Waals surface area contributed by atoms with Gasteiger partial charge in [0.05, 0.1) is 4.90 Å². The van der Waals surface area contributed by atoms with Gasteiger partial charge in [-0.2, -0.15) is 17.5 Å². The van der Waals surface area contributed by atoms with Crippen LogP contribution in [-0.2, 0) is 15.6 Å². The molecule has 0 spiro atoms. The maximum absolute atomic E-state index is 13.3. The Morgan fingerprint density at radius 2 is 1.70 bits per heavy atom. The van der Waals surface area contributed by atoms with E-state index in [0.29, 0.717) is 23.5 Å². The number of hydrogen-bond acceptors (Lipinski definition) is 5. The van der Waals surface area contributed by atoms with Crippen LogP contribution in [0.1, 0.15) is 32.8 Å². The Hall–Kier alpha value is -1.75. The van der Waals surface area contributed by atoms with Crippen molar-refractivity contribution in [2.45, 2.75) is 54.8 Å². The van der Waals surface area contributed by atoms with Gasteiger partial charge in [-0.1, -0.05) is 38.1 Å². The number of nitrogens with zero attached hydrogens (tertiary/aromatic N) is 2. The van der Waals surface area contributed by atoms with Crippen molar-refractivity contribution >= 4 is 28.3 Å². The number of piperazine rings is 1. The number of sulfonamides is 1. The molecule has 33 heavy (non-hydrogen) atoms. The maximum atomic E-state index is 13.3. The molecule has 1 saturated heterocycles. The summed E-state index contributed by atoms with van der Waals surface area (Å²) >= 11 is 4.30. The lowest BCUT2D eigenvalue weighted by atomic mass is 9.94. The highest BCUT2D eigenvalue weighted by Crippen LogP contribution is 2.39. The van der Waals surface area contributed by atoms with Gasteiger partial charge in [0.2, 0.25) is 10.0 Å². The fraction of sp³-hybridized carbons (Fsp3) is 0.478. The van der Waals surface area contributed by atoms with Crippen LogP contribution >= 0.6 is 12.6 Å². The lowest BCUT2D eigenvalue weighted by Crippen LogP contribution is -2.55. The summed E-state index contributed by atoms with van der Waals surface area (Å²) in [5, 5.41) is 9.93. The average molecular weight is 503 g/mol. The van der Waals surface area contributed by atoms with Gasteiger partial charge in [0.1, 0.15) is 0 Å². The molecule has 1 N–H and O–H groups in total. The summed E-state index contributed by atoms with van der Waals surface area (Å²) in [5.41, 5.74) is -2.50. The van der Waals surface area contributed by atoms with Gasteiger partial charge < -0.3 is 10.0 Å². The van der Waals surface area contributed by atoms with Crippen molar-refractivity contribution in [2.24, 2.45) is 5.92 Å². The number of hydrogen-bond donors (Lipinski definition) is 2.